The average molecular weight is 412 g/mol. The zero-order valence-electron chi connectivity index (χ0n) is 17.8. The number of aromatic nitrogens is 5. The molecule has 3 heterocycles. The minimum Gasteiger partial charge on any atom is -0.322 e. The summed E-state index contributed by atoms with van der Waals surface area (Å²) in [6, 6.07) is 9.30. The lowest BCUT2D eigenvalue weighted by atomic mass is 9.91. The maximum Gasteiger partial charge on any atom is 0.248 e. The Morgan fingerprint density at radius 2 is 2.00 bits per heavy atom. The maximum absolute atomic E-state index is 12.3. The number of fused-ring (bicyclic) bond motifs is 1. The Hall–Kier alpha value is -3.87. The summed E-state index contributed by atoms with van der Waals surface area (Å²) in [6.07, 6.45) is 12.7. The summed E-state index contributed by atoms with van der Waals surface area (Å²) in [6.45, 7) is 6.52. The second-order valence-electron chi connectivity index (χ2n) is 8.53. The number of nitrogens with one attached hydrogen (secondary N) is 1. The van der Waals surface area contributed by atoms with Crippen LogP contribution in [-0.2, 0) is 11.2 Å². The van der Waals surface area contributed by atoms with Gasteiger partial charge in [0.15, 0.2) is 5.82 Å². The van der Waals surface area contributed by atoms with Crippen LogP contribution in [0.25, 0.3) is 22.9 Å². The van der Waals surface area contributed by atoms with E-state index in [0.29, 0.717) is 11.5 Å². The number of benzene rings is 1. The summed E-state index contributed by atoms with van der Waals surface area (Å²) in [4.78, 5) is 29.9. The van der Waals surface area contributed by atoms with E-state index in [1.165, 1.54) is 6.08 Å². The zero-order chi connectivity index (χ0) is 21.8. The van der Waals surface area contributed by atoms with Crippen LogP contribution in [0.3, 0.4) is 0 Å². The van der Waals surface area contributed by atoms with Crippen LogP contribution < -0.4 is 5.32 Å². The van der Waals surface area contributed by atoms with Crippen molar-refractivity contribution in [2.75, 3.05) is 5.32 Å². The topological polar surface area (TPSA) is 85.6 Å². The first kappa shape index (κ1) is 20.4. The summed E-state index contributed by atoms with van der Waals surface area (Å²) < 4.78 is 1.88. The Kier molecular flexibility index (Phi) is 5.58. The highest BCUT2D eigenvalue weighted by Crippen LogP contribution is 2.23. The lowest BCUT2D eigenvalue weighted by Crippen LogP contribution is -2.12. The van der Waals surface area contributed by atoms with Gasteiger partial charge in [0.05, 0.1) is 22.9 Å². The number of carbonyl (C=O) groups is 1. The number of nitrogens with zero attached hydrogens (tertiary/aromatic N) is 5. The zero-order valence-corrected chi connectivity index (χ0v) is 17.8. The Morgan fingerprint density at radius 3 is 2.77 bits per heavy atom. The van der Waals surface area contributed by atoms with Crippen molar-refractivity contribution in [3.05, 3.63) is 78.8 Å². The van der Waals surface area contributed by atoms with E-state index in [2.05, 4.69) is 41.0 Å². The SMILES string of the molecule is CC(C)(C)Cc1cncc(-n2cnc3ccc(NC(=O)/C=C/c4cccnc4)cc32)n1. The molecule has 0 aliphatic heterocycles. The van der Waals surface area contributed by atoms with Crippen molar-refractivity contribution in [2.24, 2.45) is 5.41 Å². The van der Waals surface area contributed by atoms with Gasteiger partial charge in [-0.3, -0.25) is 19.3 Å². The first-order chi connectivity index (χ1) is 14.9. The molecule has 7 nitrogen and oxygen atoms in total. The van der Waals surface area contributed by atoms with Crippen molar-refractivity contribution in [3.8, 4) is 5.82 Å². The summed E-state index contributed by atoms with van der Waals surface area (Å²) in [5.74, 6) is 0.477. The Labute approximate surface area is 180 Å². The second kappa shape index (κ2) is 8.47. The van der Waals surface area contributed by atoms with Gasteiger partial charge >= 0.3 is 0 Å². The molecule has 4 rings (SSSR count). The van der Waals surface area contributed by atoms with E-state index in [1.54, 1.807) is 37.2 Å². The average Bonchev–Trinajstić information content (AvgIpc) is 3.15. The van der Waals surface area contributed by atoms with E-state index in [0.717, 1.165) is 28.7 Å². The van der Waals surface area contributed by atoms with Gasteiger partial charge in [0.1, 0.15) is 6.33 Å². The molecule has 0 spiro atoms. The molecule has 4 aromatic rings. The molecule has 1 amide bonds. The fraction of sp³-hybridized carbons (Fsp3) is 0.208. The summed E-state index contributed by atoms with van der Waals surface area (Å²) in [5, 5.41) is 2.89. The number of anilines is 1. The largest absolute Gasteiger partial charge is 0.322 e. The summed E-state index contributed by atoms with van der Waals surface area (Å²) in [5.41, 5.74) is 4.24. The molecule has 31 heavy (non-hydrogen) atoms. The molecule has 0 aliphatic rings. The van der Waals surface area contributed by atoms with Crippen LogP contribution in [0.1, 0.15) is 32.0 Å². The van der Waals surface area contributed by atoms with Crippen LogP contribution in [0, 0.1) is 5.41 Å². The van der Waals surface area contributed by atoms with Gasteiger partial charge in [0.25, 0.3) is 0 Å². The highest BCUT2D eigenvalue weighted by Gasteiger charge is 2.14. The number of amides is 1. The van der Waals surface area contributed by atoms with Crippen molar-refractivity contribution in [1.82, 2.24) is 24.5 Å². The number of hydrogen-bond acceptors (Lipinski definition) is 5. The predicted octanol–water partition coefficient (Wildman–Crippen LogP) is 4.45. The number of pyridine rings is 1. The monoisotopic (exact) mass is 412 g/mol. The van der Waals surface area contributed by atoms with E-state index in [9.17, 15) is 4.79 Å². The molecule has 0 fully saturated rings. The Morgan fingerprint density at radius 1 is 1.13 bits per heavy atom. The summed E-state index contributed by atoms with van der Waals surface area (Å²) >= 11 is 0. The third-order valence-electron chi connectivity index (χ3n) is 4.56. The van der Waals surface area contributed by atoms with Crippen LogP contribution in [0.2, 0.25) is 0 Å². The predicted molar refractivity (Wildman–Crippen MR) is 122 cm³/mol. The fourth-order valence-electron chi connectivity index (χ4n) is 3.24. The number of imidazole rings is 1. The molecule has 1 N–H and O–H groups in total. The lowest BCUT2D eigenvalue weighted by molar-refractivity contribution is -0.111. The number of rotatable bonds is 5. The van der Waals surface area contributed by atoms with Crippen LogP contribution in [-0.4, -0.2) is 30.4 Å². The van der Waals surface area contributed by atoms with E-state index in [1.807, 2.05) is 34.9 Å². The van der Waals surface area contributed by atoms with Crippen molar-refractivity contribution in [3.63, 3.8) is 0 Å². The van der Waals surface area contributed by atoms with Crippen LogP contribution >= 0.6 is 0 Å². The van der Waals surface area contributed by atoms with Gasteiger partial charge in [0, 0.05) is 30.4 Å². The van der Waals surface area contributed by atoms with Crippen LogP contribution in [0.5, 0.6) is 0 Å². The molecule has 156 valence electrons. The van der Waals surface area contributed by atoms with Gasteiger partial charge in [-0.2, -0.15) is 0 Å². The molecule has 0 atom stereocenters. The molecule has 0 aliphatic carbocycles. The molecule has 7 heteroatoms. The number of carbonyl (C=O) groups excluding carboxylic acids is 1. The highest BCUT2D eigenvalue weighted by molar-refractivity contribution is 6.02. The first-order valence-electron chi connectivity index (χ1n) is 10.0. The molecular weight excluding hydrogens is 388 g/mol. The highest BCUT2D eigenvalue weighted by atomic mass is 16.1. The van der Waals surface area contributed by atoms with Crippen LogP contribution in [0.4, 0.5) is 5.69 Å². The van der Waals surface area contributed by atoms with Gasteiger partial charge < -0.3 is 5.32 Å². The molecule has 0 unspecified atom stereocenters. The molecule has 1 aromatic carbocycles. The Bertz CT molecular complexity index is 1240. The molecule has 3 aromatic heterocycles. The van der Waals surface area contributed by atoms with E-state index >= 15 is 0 Å². The standard InChI is InChI=1S/C24H24N6O/c1-24(2,3)12-19-14-26-15-22(28-19)30-16-27-20-8-7-18(11-21(20)30)29-23(31)9-6-17-5-4-10-25-13-17/h4-11,13-16H,12H2,1-3H3,(H,29,31)/b9-6+. The van der Waals surface area contributed by atoms with Crippen molar-refractivity contribution in [1.29, 1.82) is 0 Å². The Balaban J connectivity index is 1.57. The van der Waals surface area contributed by atoms with Crippen LogP contribution in [0.15, 0.2) is 67.5 Å². The van der Waals surface area contributed by atoms with Gasteiger partial charge in [0.2, 0.25) is 5.91 Å². The molecule has 0 saturated heterocycles. The van der Waals surface area contributed by atoms with Crippen molar-refractivity contribution in [2.45, 2.75) is 27.2 Å². The smallest absolute Gasteiger partial charge is 0.248 e. The molecule has 0 saturated carbocycles. The minimum absolute atomic E-state index is 0.116. The first-order valence-corrected chi connectivity index (χ1v) is 10.0. The van der Waals surface area contributed by atoms with Crippen molar-refractivity contribution < 1.29 is 4.79 Å². The fourth-order valence-corrected chi connectivity index (χ4v) is 3.24. The second-order valence-corrected chi connectivity index (χ2v) is 8.53. The van der Waals surface area contributed by atoms with E-state index < -0.39 is 0 Å². The molecule has 0 bridgehead atoms. The molecule has 0 radical (unpaired) electrons. The van der Waals surface area contributed by atoms with E-state index in [-0.39, 0.29) is 11.3 Å². The minimum atomic E-state index is -0.221. The third kappa shape index (κ3) is 5.19. The lowest BCUT2D eigenvalue weighted by Gasteiger charge is -2.17. The van der Waals surface area contributed by atoms with E-state index in [4.69, 9.17) is 4.98 Å². The third-order valence-corrected chi connectivity index (χ3v) is 4.56. The summed E-state index contributed by atoms with van der Waals surface area (Å²) in [7, 11) is 0. The van der Waals surface area contributed by atoms with Gasteiger partial charge in [-0.05, 0) is 47.7 Å². The van der Waals surface area contributed by atoms with Gasteiger partial charge in [-0.1, -0.05) is 26.8 Å². The van der Waals surface area contributed by atoms with Gasteiger partial charge in [-0.15, -0.1) is 0 Å². The van der Waals surface area contributed by atoms with Gasteiger partial charge in [-0.25, -0.2) is 9.97 Å². The maximum atomic E-state index is 12.3. The quantitative estimate of drug-likeness (QED) is 0.490. The number of hydrogen-bond donors (Lipinski definition) is 1. The van der Waals surface area contributed by atoms with Crippen molar-refractivity contribution >= 4 is 28.7 Å². The normalized spacial score (nSPS) is 11.8. The molecular formula is C24H24N6O.